The fraction of sp³-hybridized carbons (Fsp3) is 0.118. The third-order valence-corrected chi connectivity index (χ3v) is 3.84. The molecule has 0 aliphatic carbocycles. The second-order valence-corrected chi connectivity index (χ2v) is 5.42. The Kier molecular flexibility index (Phi) is 4.13. The maximum absolute atomic E-state index is 12.1. The number of carbonyl (C=O) groups is 1. The van der Waals surface area contributed by atoms with Crippen molar-refractivity contribution >= 4 is 28.4 Å². The molecule has 112 valence electrons. The number of amides is 1. The molecule has 3 aromatic rings. The minimum Gasteiger partial charge on any atom is -0.387 e. The first-order valence-corrected chi connectivity index (χ1v) is 7.31. The Bertz CT molecular complexity index is 780. The Morgan fingerprint density at radius 2 is 1.91 bits per heavy atom. The number of halogens is 1. The number of carbonyl (C=O) groups excluding carboxylic acids is 1. The van der Waals surface area contributed by atoms with Crippen LogP contribution in [-0.2, 0) is 0 Å². The molecular weight excluding hydrogens is 300 g/mol. The van der Waals surface area contributed by atoms with E-state index in [4.69, 9.17) is 11.6 Å². The topological polar surface area (TPSA) is 65.1 Å². The third-order valence-electron chi connectivity index (χ3n) is 3.49. The summed E-state index contributed by atoms with van der Waals surface area (Å²) in [6, 6.07) is 16.5. The van der Waals surface area contributed by atoms with Crippen molar-refractivity contribution in [2.45, 2.75) is 6.10 Å². The van der Waals surface area contributed by atoms with Gasteiger partial charge in [-0.2, -0.15) is 0 Å². The van der Waals surface area contributed by atoms with Crippen LogP contribution in [-0.4, -0.2) is 22.5 Å². The summed E-state index contributed by atoms with van der Waals surface area (Å²) in [5.41, 5.74) is 1.97. The van der Waals surface area contributed by atoms with Gasteiger partial charge < -0.3 is 15.4 Å². The minimum absolute atomic E-state index is 0.0952. The fourth-order valence-electron chi connectivity index (χ4n) is 2.34. The van der Waals surface area contributed by atoms with Gasteiger partial charge in [0.1, 0.15) is 5.69 Å². The van der Waals surface area contributed by atoms with E-state index in [9.17, 15) is 9.90 Å². The van der Waals surface area contributed by atoms with Crippen LogP contribution in [0.2, 0.25) is 5.02 Å². The molecule has 22 heavy (non-hydrogen) atoms. The van der Waals surface area contributed by atoms with Crippen molar-refractivity contribution in [3.8, 4) is 0 Å². The van der Waals surface area contributed by atoms with Gasteiger partial charge in [-0.05, 0) is 18.2 Å². The lowest BCUT2D eigenvalue weighted by Crippen LogP contribution is -2.28. The van der Waals surface area contributed by atoms with Crippen LogP contribution in [0.3, 0.4) is 0 Å². The quantitative estimate of drug-likeness (QED) is 0.692. The van der Waals surface area contributed by atoms with E-state index in [1.807, 2.05) is 24.3 Å². The summed E-state index contributed by atoms with van der Waals surface area (Å²) in [6.45, 7) is 0.0952. The average Bonchev–Trinajstić information content (AvgIpc) is 2.97. The molecule has 0 fully saturated rings. The highest BCUT2D eigenvalue weighted by Gasteiger charge is 2.14. The normalized spacial score (nSPS) is 12.3. The van der Waals surface area contributed by atoms with Crippen LogP contribution in [0.4, 0.5) is 0 Å². The average molecular weight is 315 g/mol. The molecule has 1 atom stereocenters. The largest absolute Gasteiger partial charge is 0.387 e. The number of hydrogen-bond acceptors (Lipinski definition) is 2. The van der Waals surface area contributed by atoms with Crippen LogP contribution in [0.25, 0.3) is 10.9 Å². The first-order valence-electron chi connectivity index (χ1n) is 6.93. The molecule has 0 saturated carbocycles. The maximum Gasteiger partial charge on any atom is 0.267 e. The summed E-state index contributed by atoms with van der Waals surface area (Å²) in [5.74, 6) is -0.262. The van der Waals surface area contributed by atoms with Gasteiger partial charge in [0.25, 0.3) is 5.91 Å². The smallest absolute Gasteiger partial charge is 0.267 e. The Morgan fingerprint density at radius 3 is 2.68 bits per heavy atom. The van der Waals surface area contributed by atoms with E-state index in [1.54, 1.807) is 30.3 Å². The summed E-state index contributed by atoms with van der Waals surface area (Å²) < 4.78 is 0. The van der Waals surface area contributed by atoms with Crippen LogP contribution in [0, 0.1) is 0 Å². The Morgan fingerprint density at radius 1 is 1.18 bits per heavy atom. The molecule has 5 heteroatoms. The fourth-order valence-corrected chi connectivity index (χ4v) is 2.60. The van der Waals surface area contributed by atoms with Crippen molar-refractivity contribution in [3.05, 3.63) is 70.9 Å². The number of aromatic amines is 1. The molecule has 0 aliphatic rings. The van der Waals surface area contributed by atoms with Gasteiger partial charge in [-0.3, -0.25) is 4.79 Å². The predicted octanol–water partition coefficient (Wildman–Crippen LogP) is 3.28. The molecule has 4 nitrogen and oxygen atoms in total. The third kappa shape index (κ3) is 2.98. The van der Waals surface area contributed by atoms with Gasteiger partial charge in [0, 0.05) is 28.0 Å². The van der Waals surface area contributed by atoms with E-state index in [0.29, 0.717) is 16.3 Å². The maximum atomic E-state index is 12.1. The zero-order valence-corrected chi connectivity index (χ0v) is 12.5. The van der Waals surface area contributed by atoms with E-state index in [0.717, 1.165) is 10.9 Å². The molecule has 1 aromatic heterocycles. The molecule has 1 heterocycles. The SMILES string of the molecule is O=C(NCC(O)c1ccccc1Cl)c1cc2ccccc2[nH]1. The number of aliphatic hydroxyl groups is 1. The van der Waals surface area contributed by atoms with Crippen LogP contribution < -0.4 is 5.32 Å². The van der Waals surface area contributed by atoms with Crippen molar-refractivity contribution in [3.63, 3.8) is 0 Å². The van der Waals surface area contributed by atoms with Crippen molar-refractivity contribution in [2.24, 2.45) is 0 Å². The number of H-pyrrole nitrogens is 1. The Hall–Kier alpha value is -2.30. The lowest BCUT2D eigenvalue weighted by atomic mass is 10.1. The molecule has 3 rings (SSSR count). The number of aliphatic hydroxyl groups excluding tert-OH is 1. The summed E-state index contributed by atoms with van der Waals surface area (Å²) in [6.07, 6.45) is -0.845. The molecule has 0 spiro atoms. The lowest BCUT2D eigenvalue weighted by molar-refractivity contribution is 0.0912. The van der Waals surface area contributed by atoms with Crippen molar-refractivity contribution in [1.82, 2.24) is 10.3 Å². The second-order valence-electron chi connectivity index (χ2n) is 5.02. The molecule has 3 N–H and O–H groups in total. The number of fused-ring (bicyclic) bond motifs is 1. The zero-order chi connectivity index (χ0) is 15.5. The first-order chi connectivity index (χ1) is 10.6. The number of nitrogens with one attached hydrogen (secondary N) is 2. The molecule has 1 amide bonds. The van der Waals surface area contributed by atoms with Crippen molar-refractivity contribution in [1.29, 1.82) is 0 Å². The number of para-hydroxylation sites is 1. The van der Waals surface area contributed by atoms with E-state index in [-0.39, 0.29) is 12.5 Å². The van der Waals surface area contributed by atoms with Gasteiger partial charge in [-0.25, -0.2) is 0 Å². The number of hydrogen-bond donors (Lipinski definition) is 3. The van der Waals surface area contributed by atoms with Gasteiger partial charge in [0.15, 0.2) is 0 Å². The van der Waals surface area contributed by atoms with E-state index >= 15 is 0 Å². The zero-order valence-electron chi connectivity index (χ0n) is 11.7. The molecule has 0 saturated heterocycles. The van der Waals surface area contributed by atoms with Crippen LogP contribution in [0.5, 0.6) is 0 Å². The molecular formula is C17H15ClN2O2. The van der Waals surface area contributed by atoms with Crippen LogP contribution >= 0.6 is 11.6 Å². The van der Waals surface area contributed by atoms with E-state index < -0.39 is 6.10 Å². The van der Waals surface area contributed by atoms with Crippen molar-refractivity contribution < 1.29 is 9.90 Å². The predicted molar refractivity (Wildman–Crippen MR) is 87.0 cm³/mol. The standard InChI is InChI=1S/C17H15ClN2O2/c18-13-7-3-2-6-12(13)16(21)10-19-17(22)15-9-11-5-1-4-8-14(11)20-15/h1-9,16,20-21H,10H2,(H,19,22). The monoisotopic (exact) mass is 314 g/mol. The van der Waals surface area contributed by atoms with Gasteiger partial charge in [0.2, 0.25) is 0 Å². The number of benzene rings is 2. The van der Waals surface area contributed by atoms with E-state index in [1.165, 1.54) is 0 Å². The van der Waals surface area contributed by atoms with Gasteiger partial charge in [-0.1, -0.05) is 48.0 Å². The van der Waals surface area contributed by atoms with E-state index in [2.05, 4.69) is 10.3 Å². The highest BCUT2D eigenvalue weighted by Crippen LogP contribution is 2.22. The summed E-state index contributed by atoms with van der Waals surface area (Å²) in [7, 11) is 0. The molecule has 0 bridgehead atoms. The molecule has 1 unspecified atom stereocenters. The number of aromatic nitrogens is 1. The first kappa shape index (κ1) is 14.6. The van der Waals surface area contributed by atoms with Crippen molar-refractivity contribution in [2.75, 3.05) is 6.54 Å². The Balaban J connectivity index is 1.68. The number of rotatable bonds is 4. The highest BCUT2D eigenvalue weighted by atomic mass is 35.5. The van der Waals surface area contributed by atoms with Crippen LogP contribution in [0.15, 0.2) is 54.6 Å². The van der Waals surface area contributed by atoms with Crippen LogP contribution in [0.1, 0.15) is 22.2 Å². The Labute approximate surface area is 132 Å². The highest BCUT2D eigenvalue weighted by molar-refractivity contribution is 6.31. The summed E-state index contributed by atoms with van der Waals surface area (Å²) in [5, 5.41) is 14.3. The van der Waals surface area contributed by atoms with Gasteiger partial charge in [-0.15, -0.1) is 0 Å². The summed E-state index contributed by atoms with van der Waals surface area (Å²) in [4.78, 5) is 15.2. The molecule has 2 aromatic carbocycles. The summed E-state index contributed by atoms with van der Waals surface area (Å²) >= 11 is 6.03. The minimum atomic E-state index is -0.845. The van der Waals surface area contributed by atoms with Gasteiger partial charge in [0.05, 0.1) is 6.10 Å². The molecule has 0 radical (unpaired) electrons. The second kappa shape index (κ2) is 6.22. The molecule has 0 aliphatic heterocycles. The van der Waals surface area contributed by atoms with Gasteiger partial charge >= 0.3 is 0 Å². The lowest BCUT2D eigenvalue weighted by Gasteiger charge is -2.13.